The Morgan fingerprint density at radius 1 is 1.40 bits per heavy atom. The highest BCUT2D eigenvalue weighted by molar-refractivity contribution is 5.28. The largest absolute Gasteiger partial charge is 0.416 e. The van der Waals surface area contributed by atoms with Crippen LogP contribution in [0.15, 0.2) is 24.3 Å². The molecule has 1 aromatic carbocycles. The minimum atomic E-state index is -4.31. The zero-order chi connectivity index (χ0) is 14.8. The number of hydrogen-bond donors (Lipinski definition) is 1. The lowest BCUT2D eigenvalue weighted by molar-refractivity contribution is -0.138. The van der Waals surface area contributed by atoms with Crippen molar-refractivity contribution in [1.82, 2.24) is 5.32 Å². The normalized spacial score (nSPS) is 27.6. The SMILES string of the molecule is CCCC1(C)CNCC(c2cccc(C(F)(F)F)c2)O1. The van der Waals surface area contributed by atoms with Crippen molar-refractivity contribution in [2.45, 2.75) is 44.6 Å². The highest BCUT2D eigenvalue weighted by atomic mass is 19.4. The molecule has 2 atom stereocenters. The van der Waals surface area contributed by atoms with Crippen LogP contribution in [0.1, 0.15) is 43.9 Å². The summed E-state index contributed by atoms with van der Waals surface area (Å²) in [5, 5.41) is 3.26. The van der Waals surface area contributed by atoms with E-state index in [0.29, 0.717) is 12.1 Å². The molecule has 0 aromatic heterocycles. The predicted molar refractivity (Wildman–Crippen MR) is 71.5 cm³/mol. The molecule has 1 aromatic rings. The van der Waals surface area contributed by atoms with E-state index in [1.807, 2.05) is 6.92 Å². The van der Waals surface area contributed by atoms with Gasteiger partial charge in [0.05, 0.1) is 17.3 Å². The van der Waals surface area contributed by atoms with Gasteiger partial charge in [0.25, 0.3) is 0 Å². The third-order valence-electron chi connectivity index (χ3n) is 3.62. The van der Waals surface area contributed by atoms with Crippen molar-refractivity contribution in [3.05, 3.63) is 35.4 Å². The van der Waals surface area contributed by atoms with Gasteiger partial charge in [0, 0.05) is 13.1 Å². The Bertz CT molecular complexity index is 457. The van der Waals surface area contributed by atoms with E-state index in [9.17, 15) is 13.2 Å². The van der Waals surface area contributed by atoms with Gasteiger partial charge in [0.1, 0.15) is 0 Å². The number of hydrogen-bond acceptors (Lipinski definition) is 2. The van der Waals surface area contributed by atoms with E-state index >= 15 is 0 Å². The van der Waals surface area contributed by atoms with Crippen LogP contribution < -0.4 is 5.32 Å². The maximum atomic E-state index is 12.8. The number of halogens is 3. The first-order valence-corrected chi connectivity index (χ1v) is 6.90. The summed E-state index contributed by atoms with van der Waals surface area (Å²) in [6.07, 6.45) is -2.78. The van der Waals surface area contributed by atoms with Gasteiger partial charge in [0.2, 0.25) is 0 Å². The van der Waals surface area contributed by atoms with Crippen molar-refractivity contribution in [3.8, 4) is 0 Å². The van der Waals surface area contributed by atoms with Gasteiger partial charge in [-0.2, -0.15) is 13.2 Å². The summed E-state index contributed by atoms with van der Waals surface area (Å²) in [5.41, 5.74) is -0.359. The minimum absolute atomic E-state index is 0.314. The molecular weight excluding hydrogens is 267 g/mol. The Balaban J connectivity index is 2.19. The maximum Gasteiger partial charge on any atom is 0.416 e. The van der Waals surface area contributed by atoms with E-state index < -0.39 is 11.7 Å². The quantitative estimate of drug-likeness (QED) is 0.909. The van der Waals surface area contributed by atoms with Crippen LogP contribution in [0.5, 0.6) is 0 Å². The van der Waals surface area contributed by atoms with Gasteiger partial charge in [0.15, 0.2) is 0 Å². The Labute approximate surface area is 117 Å². The molecule has 20 heavy (non-hydrogen) atoms. The summed E-state index contributed by atoms with van der Waals surface area (Å²) in [7, 11) is 0. The maximum absolute atomic E-state index is 12.8. The average molecular weight is 287 g/mol. The number of alkyl halides is 3. The molecule has 0 spiro atoms. The van der Waals surface area contributed by atoms with Crippen LogP contribution in [0, 0.1) is 0 Å². The minimum Gasteiger partial charge on any atom is -0.365 e. The summed E-state index contributed by atoms with van der Waals surface area (Å²) in [4.78, 5) is 0. The molecule has 1 fully saturated rings. The van der Waals surface area contributed by atoms with Crippen LogP contribution >= 0.6 is 0 Å². The number of rotatable bonds is 3. The molecule has 2 nitrogen and oxygen atoms in total. The molecule has 0 aliphatic carbocycles. The molecule has 1 heterocycles. The molecule has 1 aliphatic heterocycles. The van der Waals surface area contributed by atoms with Crippen molar-refractivity contribution in [1.29, 1.82) is 0 Å². The van der Waals surface area contributed by atoms with Crippen LogP contribution in [0.25, 0.3) is 0 Å². The Hall–Kier alpha value is -1.07. The van der Waals surface area contributed by atoms with E-state index in [4.69, 9.17) is 4.74 Å². The van der Waals surface area contributed by atoms with Crippen LogP contribution in [0.2, 0.25) is 0 Å². The third-order valence-corrected chi connectivity index (χ3v) is 3.62. The highest BCUT2D eigenvalue weighted by Crippen LogP contribution is 2.34. The molecule has 0 amide bonds. The average Bonchev–Trinajstić information content (AvgIpc) is 2.38. The lowest BCUT2D eigenvalue weighted by Gasteiger charge is -2.39. The summed E-state index contributed by atoms with van der Waals surface area (Å²) in [6, 6.07) is 5.40. The summed E-state index contributed by atoms with van der Waals surface area (Å²) in [5.74, 6) is 0. The fraction of sp³-hybridized carbons (Fsp3) is 0.600. The van der Waals surface area contributed by atoms with Crippen molar-refractivity contribution in [3.63, 3.8) is 0 Å². The molecule has 0 radical (unpaired) electrons. The molecule has 1 N–H and O–H groups in total. The lowest BCUT2D eigenvalue weighted by atomic mass is 9.96. The number of benzene rings is 1. The first kappa shape index (κ1) is 15.3. The smallest absolute Gasteiger partial charge is 0.365 e. The van der Waals surface area contributed by atoms with E-state index in [1.54, 1.807) is 6.07 Å². The zero-order valence-electron chi connectivity index (χ0n) is 11.8. The molecule has 2 rings (SSSR count). The van der Waals surface area contributed by atoms with E-state index in [-0.39, 0.29) is 11.7 Å². The van der Waals surface area contributed by atoms with Gasteiger partial charge in [-0.3, -0.25) is 0 Å². The number of ether oxygens (including phenoxy) is 1. The van der Waals surface area contributed by atoms with Gasteiger partial charge >= 0.3 is 6.18 Å². The Morgan fingerprint density at radius 3 is 2.80 bits per heavy atom. The number of nitrogens with one attached hydrogen (secondary N) is 1. The summed E-state index contributed by atoms with van der Waals surface area (Å²) in [6.45, 7) is 5.35. The van der Waals surface area contributed by atoms with Crippen LogP contribution in [0.4, 0.5) is 13.2 Å². The summed E-state index contributed by atoms with van der Waals surface area (Å²) < 4.78 is 44.3. The van der Waals surface area contributed by atoms with Gasteiger partial charge < -0.3 is 10.1 Å². The first-order valence-electron chi connectivity index (χ1n) is 6.90. The molecule has 0 bridgehead atoms. The monoisotopic (exact) mass is 287 g/mol. The van der Waals surface area contributed by atoms with Gasteiger partial charge in [-0.15, -0.1) is 0 Å². The highest BCUT2D eigenvalue weighted by Gasteiger charge is 2.35. The standard InChI is InChI=1S/C15H20F3NO/c1-3-7-14(2)10-19-9-13(20-14)11-5-4-6-12(8-11)15(16,17)18/h4-6,8,13,19H,3,7,9-10H2,1-2H3. The van der Waals surface area contributed by atoms with E-state index in [2.05, 4.69) is 12.2 Å². The van der Waals surface area contributed by atoms with Gasteiger partial charge in [-0.1, -0.05) is 25.5 Å². The molecule has 5 heteroatoms. The summed E-state index contributed by atoms with van der Waals surface area (Å²) >= 11 is 0. The third kappa shape index (κ3) is 3.52. The van der Waals surface area contributed by atoms with Crippen molar-refractivity contribution in [2.24, 2.45) is 0 Å². The molecule has 1 saturated heterocycles. The second-order valence-electron chi connectivity index (χ2n) is 5.56. The Kier molecular flexibility index (Phi) is 4.39. The predicted octanol–water partition coefficient (Wildman–Crippen LogP) is 3.93. The topological polar surface area (TPSA) is 21.3 Å². The molecule has 1 aliphatic rings. The second-order valence-corrected chi connectivity index (χ2v) is 5.56. The molecule has 2 unspecified atom stereocenters. The first-order chi connectivity index (χ1) is 9.34. The number of morpholine rings is 1. The Morgan fingerprint density at radius 2 is 2.15 bits per heavy atom. The van der Waals surface area contributed by atoms with Gasteiger partial charge in [-0.25, -0.2) is 0 Å². The van der Waals surface area contributed by atoms with Crippen molar-refractivity contribution < 1.29 is 17.9 Å². The van der Waals surface area contributed by atoms with Crippen LogP contribution in [-0.4, -0.2) is 18.7 Å². The fourth-order valence-corrected chi connectivity index (χ4v) is 2.67. The molecule has 112 valence electrons. The second kappa shape index (κ2) is 5.74. The lowest BCUT2D eigenvalue weighted by Crippen LogP contribution is -2.48. The zero-order valence-corrected chi connectivity index (χ0v) is 11.8. The van der Waals surface area contributed by atoms with Gasteiger partial charge in [-0.05, 0) is 31.0 Å². The van der Waals surface area contributed by atoms with Crippen LogP contribution in [0.3, 0.4) is 0 Å². The molecule has 0 saturated carbocycles. The van der Waals surface area contributed by atoms with E-state index in [0.717, 1.165) is 25.5 Å². The van der Waals surface area contributed by atoms with Crippen LogP contribution in [-0.2, 0) is 10.9 Å². The van der Waals surface area contributed by atoms with Crippen molar-refractivity contribution in [2.75, 3.05) is 13.1 Å². The fourth-order valence-electron chi connectivity index (χ4n) is 2.67. The van der Waals surface area contributed by atoms with E-state index in [1.165, 1.54) is 12.1 Å². The van der Waals surface area contributed by atoms with Crippen molar-refractivity contribution >= 4 is 0 Å². The molecular formula is C15H20F3NO.